The number of aryl methyl sites for hydroxylation is 1. The first-order valence-electron chi connectivity index (χ1n) is 9.05. The smallest absolute Gasteiger partial charge is 0.212 e. The minimum absolute atomic E-state index is 0.336. The molecule has 0 saturated heterocycles. The lowest BCUT2D eigenvalue weighted by atomic mass is 10.0. The van der Waals surface area contributed by atoms with E-state index in [0.717, 1.165) is 27.9 Å². The van der Waals surface area contributed by atoms with E-state index >= 15 is 0 Å². The van der Waals surface area contributed by atoms with Gasteiger partial charge in [0.2, 0.25) is 5.16 Å². The Hall–Kier alpha value is -2.60. The van der Waals surface area contributed by atoms with Crippen molar-refractivity contribution in [1.29, 1.82) is 0 Å². The Labute approximate surface area is 163 Å². The number of fused-ring (bicyclic) bond motifs is 1. The summed E-state index contributed by atoms with van der Waals surface area (Å²) >= 11 is 1.65. The van der Waals surface area contributed by atoms with E-state index < -0.39 is 0 Å². The molecule has 0 radical (unpaired) electrons. The van der Waals surface area contributed by atoms with E-state index in [1.54, 1.807) is 16.4 Å². The van der Waals surface area contributed by atoms with Gasteiger partial charge in [-0.15, -0.1) is 10.2 Å². The monoisotopic (exact) mass is 378 g/mol. The highest BCUT2D eigenvalue weighted by atomic mass is 32.2. The van der Waals surface area contributed by atoms with Crippen molar-refractivity contribution < 1.29 is 4.74 Å². The standard InChI is InChI=1S/C21H22N4OS/c1-14(2)17-10-9-15(3)11-19(17)26-12-20-22-23-21-25(20)24-18(13-27-21)16-7-5-4-6-8-16/h4-11,14H,12-13H2,1-3H3. The second-order valence-corrected chi connectivity index (χ2v) is 7.84. The molecule has 0 N–H and O–H groups in total. The summed E-state index contributed by atoms with van der Waals surface area (Å²) < 4.78 is 7.94. The molecule has 4 rings (SSSR count). The summed E-state index contributed by atoms with van der Waals surface area (Å²) in [4.78, 5) is 0. The van der Waals surface area contributed by atoms with Crippen LogP contribution in [0.5, 0.6) is 5.75 Å². The number of nitrogens with zero attached hydrogens (tertiary/aromatic N) is 4. The van der Waals surface area contributed by atoms with Crippen LogP contribution in [0.1, 0.15) is 42.3 Å². The molecule has 0 atom stereocenters. The molecule has 5 nitrogen and oxygen atoms in total. The molecule has 2 aromatic carbocycles. The Morgan fingerprint density at radius 2 is 1.93 bits per heavy atom. The normalized spacial score (nSPS) is 13.4. The number of benzene rings is 2. The van der Waals surface area contributed by atoms with E-state index in [1.165, 1.54) is 11.1 Å². The predicted octanol–water partition coefficient (Wildman–Crippen LogP) is 4.65. The molecule has 6 heteroatoms. The lowest BCUT2D eigenvalue weighted by molar-refractivity contribution is 0.285. The van der Waals surface area contributed by atoms with Gasteiger partial charge in [-0.25, -0.2) is 0 Å². The second-order valence-electron chi connectivity index (χ2n) is 6.90. The van der Waals surface area contributed by atoms with Crippen molar-refractivity contribution in [3.63, 3.8) is 0 Å². The van der Waals surface area contributed by atoms with Crippen LogP contribution < -0.4 is 4.74 Å². The predicted molar refractivity (Wildman–Crippen MR) is 109 cm³/mol. The molecule has 1 aliphatic heterocycles. The van der Waals surface area contributed by atoms with Crippen LogP contribution in [0.25, 0.3) is 0 Å². The molecule has 0 bridgehead atoms. The zero-order valence-electron chi connectivity index (χ0n) is 15.7. The van der Waals surface area contributed by atoms with Crippen LogP contribution in [0.15, 0.2) is 58.8 Å². The van der Waals surface area contributed by atoms with Gasteiger partial charge in [-0.2, -0.15) is 9.78 Å². The molecule has 0 saturated carbocycles. The van der Waals surface area contributed by atoms with E-state index in [4.69, 9.17) is 9.84 Å². The average Bonchev–Trinajstić information content (AvgIpc) is 3.09. The molecule has 0 fully saturated rings. The van der Waals surface area contributed by atoms with Gasteiger partial charge >= 0.3 is 0 Å². The Morgan fingerprint density at radius 3 is 2.70 bits per heavy atom. The summed E-state index contributed by atoms with van der Waals surface area (Å²) in [6.07, 6.45) is 0. The Bertz CT molecular complexity index is 979. The van der Waals surface area contributed by atoms with Gasteiger partial charge < -0.3 is 4.74 Å². The fourth-order valence-corrected chi connectivity index (χ4v) is 3.87. The first-order valence-corrected chi connectivity index (χ1v) is 10.0. The summed E-state index contributed by atoms with van der Waals surface area (Å²) in [6, 6.07) is 16.6. The Kier molecular flexibility index (Phi) is 4.99. The number of rotatable bonds is 5. The van der Waals surface area contributed by atoms with Gasteiger partial charge in [0.15, 0.2) is 5.82 Å². The number of aromatic nitrogens is 3. The summed E-state index contributed by atoms with van der Waals surface area (Å²) in [5.41, 5.74) is 4.52. The van der Waals surface area contributed by atoms with E-state index in [0.29, 0.717) is 18.3 Å². The van der Waals surface area contributed by atoms with Crippen LogP contribution in [-0.2, 0) is 6.61 Å². The molecular weight excluding hydrogens is 356 g/mol. The van der Waals surface area contributed by atoms with Crippen LogP contribution in [0, 0.1) is 6.92 Å². The number of thioether (sulfide) groups is 1. The topological polar surface area (TPSA) is 52.3 Å². The van der Waals surface area contributed by atoms with E-state index in [-0.39, 0.29) is 0 Å². The fourth-order valence-electron chi connectivity index (χ4n) is 3.02. The van der Waals surface area contributed by atoms with Crippen LogP contribution in [0.2, 0.25) is 0 Å². The first-order chi connectivity index (χ1) is 13.1. The van der Waals surface area contributed by atoms with Crippen molar-refractivity contribution in [2.24, 2.45) is 5.10 Å². The lowest BCUT2D eigenvalue weighted by Crippen LogP contribution is -2.15. The molecule has 0 aliphatic carbocycles. The maximum Gasteiger partial charge on any atom is 0.212 e. The van der Waals surface area contributed by atoms with E-state index in [2.05, 4.69) is 61.3 Å². The van der Waals surface area contributed by atoms with E-state index in [9.17, 15) is 0 Å². The molecule has 0 spiro atoms. The van der Waals surface area contributed by atoms with Crippen LogP contribution in [0.3, 0.4) is 0 Å². The van der Waals surface area contributed by atoms with Crippen molar-refractivity contribution in [3.05, 3.63) is 71.0 Å². The summed E-state index contributed by atoms with van der Waals surface area (Å²) in [5, 5.41) is 14.1. The fraction of sp³-hybridized carbons (Fsp3) is 0.286. The highest BCUT2D eigenvalue weighted by molar-refractivity contribution is 7.99. The quantitative estimate of drug-likeness (QED) is 0.649. The van der Waals surface area contributed by atoms with Crippen LogP contribution >= 0.6 is 11.8 Å². The lowest BCUT2D eigenvalue weighted by Gasteiger charge is -2.16. The van der Waals surface area contributed by atoms with Crippen molar-refractivity contribution in [3.8, 4) is 5.75 Å². The maximum absolute atomic E-state index is 6.13. The molecule has 1 aromatic heterocycles. The first kappa shape index (κ1) is 17.8. The summed E-state index contributed by atoms with van der Waals surface area (Å²) in [7, 11) is 0. The summed E-state index contributed by atoms with van der Waals surface area (Å²) in [6.45, 7) is 6.75. The molecule has 1 aliphatic rings. The average molecular weight is 379 g/mol. The largest absolute Gasteiger partial charge is 0.485 e. The second kappa shape index (κ2) is 7.56. The van der Waals surface area contributed by atoms with Gasteiger partial charge in [0.1, 0.15) is 12.4 Å². The molecule has 0 unspecified atom stereocenters. The van der Waals surface area contributed by atoms with Crippen molar-refractivity contribution >= 4 is 17.5 Å². The Morgan fingerprint density at radius 1 is 1.11 bits per heavy atom. The summed E-state index contributed by atoms with van der Waals surface area (Å²) in [5.74, 6) is 2.80. The molecule has 138 valence electrons. The van der Waals surface area contributed by atoms with Gasteiger partial charge in [0, 0.05) is 5.75 Å². The van der Waals surface area contributed by atoms with Crippen molar-refractivity contribution in [2.45, 2.75) is 38.5 Å². The van der Waals surface area contributed by atoms with Crippen LogP contribution in [-0.4, -0.2) is 26.3 Å². The van der Waals surface area contributed by atoms with Crippen molar-refractivity contribution in [2.75, 3.05) is 5.75 Å². The zero-order valence-corrected chi connectivity index (χ0v) is 16.5. The third-order valence-electron chi connectivity index (χ3n) is 4.49. The number of hydrogen-bond donors (Lipinski definition) is 0. The molecule has 3 aromatic rings. The highest BCUT2D eigenvalue weighted by Crippen LogP contribution is 2.29. The third kappa shape index (κ3) is 3.76. The van der Waals surface area contributed by atoms with E-state index in [1.807, 2.05) is 18.2 Å². The van der Waals surface area contributed by atoms with Gasteiger partial charge in [0.25, 0.3) is 0 Å². The maximum atomic E-state index is 6.13. The van der Waals surface area contributed by atoms with Gasteiger partial charge in [-0.1, -0.05) is 68.1 Å². The molecule has 0 amide bonds. The minimum Gasteiger partial charge on any atom is -0.485 e. The molecule has 27 heavy (non-hydrogen) atoms. The number of ether oxygens (including phenoxy) is 1. The van der Waals surface area contributed by atoms with Gasteiger partial charge in [-0.3, -0.25) is 0 Å². The highest BCUT2D eigenvalue weighted by Gasteiger charge is 2.20. The zero-order chi connectivity index (χ0) is 18.8. The SMILES string of the molecule is Cc1ccc(C(C)C)c(OCc2nnc3n2N=C(c2ccccc2)CS3)c1. The molecule has 2 heterocycles. The van der Waals surface area contributed by atoms with Gasteiger partial charge in [-0.05, 0) is 35.6 Å². The minimum atomic E-state index is 0.336. The third-order valence-corrected chi connectivity index (χ3v) is 5.42. The number of hydrogen-bond acceptors (Lipinski definition) is 5. The molecular formula is C21H22N4OS. The van der Waals surface area contributed by atoms with Gasteiger partial charge in [0.05, 0.1) is 5.71 Å². The Balaban J connectivity index is 1.59. The van der Waals surface area contributed by atoms with Crippen LogP contribution in [0.4, 0.5) is 0 Å². The van der Waals surface area contributed by atoms with Crippen molar-refractivity contribution in [1.82, 2.24) is 14.9 Å².